The van der Waals surface area contributed by atoms with Gasteiger partial charge in [-0.15, -0.1) is 0 Å². The zero-order valence-electron chi connectivity index (χ0n) is 16.3. The second-order valence-corrected chi connectivity index (χ2v) is 7.29. The van der Waals surface area contributed by atoms with Crippen molar-refractivity contribution in [1.29, 1.82) is 0 Å². The molecule has 0 saturated carbocycles. The minimum absolute atomic E-state index is 0.0567. The van der Waals surface area contributed by atoms with Crippen molar-refractivity contribution < 1.29 is 9.53 Å². The lowest BCUT2D eigenvalue weighted by Gasteiger charge is -2.32. The molecule has 0 unspecified atom stereocenters. The zero-order valence-corrected chi connectivity index (χ0v) is 16.3. The molecule has 1 saturated heterocycles. The van der Waals surface area contributed by atoms with Crippen molar-refractivity contribution in [3.05, 3.63) is 89.6 Å². The van der Waals surface area contributed by atoms with Gasteiger partial charge in [0.05, 0.1) is 18.0 Å². The van der Waals surface area contributed by atoms with Gasteiger partial charge in [-0.3, -0.25) is 14.7 Å². The number of aromatic nitrogens is 1. The molecular weight excluding hydrogens is 362 g/mol. The highest BCUT2D eigenvalue weighted by Crippen LogP contribution is 2.25. The summed E-state index contributed by atoms with van der Waals surface area (Å²) in [4.78, 5) is 18.7. The quantitative estimate of drug-likeness (QED) is 0.703. The van der Waals surface area contributed by atoms with Crippen molar-refractivity contribution in [2.24, 2.45) is 5.73 Å². The lowest BCUT2D eigenvalue weighted by molar-refractivity contribution is -0.0316. The number of pyridine rings is 1. The normalized spacial score (nSPS) is 17.2. The number of carbonyl (C=O) groups is 1. The van der Waals surface area contributed by atoms with Gasteiger partial charge in [0, 0.05) is 30.8 Å². The molecule has 1 aromatic heterocycles. The first-order valence-corrected chi connectivity index (χ1v) is 9.94. The fraction of sp³-hybridized carbons (Fsp3) is 0.250. The first kappa shape index (κ1) is 19.3. The molecule has 2 heterocycles. The van der Waals surface area contributed by atoms with Gasteiger partial charge in [-0.25, -0.2) is 0 Å². The van der Waals surface area contributed by atoms with E-state index in [1.165, 1.54) is 5.56 Å². The van der Waals surface area contributed by atoms with E-state index in [1.807, 2.05) is 36.4 Å². The summed E-state index contributed by atoms with van der Waals surface area (Å²) in [5.74, 6) is -0.437. The van der Waals surface area contributed by atoms with E-state index in [9.17, 15) is 4.79 Å². The van der Waals surface area contributed by atoms with Crippen molar-refractivity contribution in [3.63, 3.8) is 0 Å². The van der Waals surface area contributed by atoms with Crippen LogP contribution in [0.5, 0.6) is 0 Å². The third-order valence-electron chi connectivity index (χ3n) is 5.25. The van der Waals surface area contributed by atoms with Crippen LogP contribution in [0, 0.1) is 0 Å². The standard InChI is InChI=1S/C24H25N3O2/c25-24(28)20-9-4-8-19(16-20)21-10-5-11-22(26-21)23-17-27(14-15-29-23)13-12-18-6-2-1-3-7-18/h1-11,16,23H,12-15,17H2,(H2,25,28)/t23-/m1/s1. The van der Waals surface area contributed by atoms with Gasteiger partial charge in [0.25, 0.3) is 0 Å². The Labute approximate surface area is 171 Å². The summed E-state index contributed by atoms with van der Waals surface area (Å²) in [6.45, 7) is 3.46. The van der Waals surface area contributed by atoms with Gasteiger partial charge in [-0.2, -0.15) is 0 Å². The van der Waals surface area contributed by atoms with Crippen LogP contribution in [0.15, 0.2) is 72.8 Å². The molecule has 5 nitrogen and oxygen atoms in total. The Hall–Kier alpha value is -3.02. The number of primary amides is 1. The lowest BCUT2D eigenvalue weighted by atomic mass is 10.1. The third kappa shape index (κ3) is 4.88. The molecule has 0 aliphatic carbocycles. The van der Waals surface area contributed by atoms with Gasteiger partial charge in [0.1, 0.15) is 6.10 Å². The van der Waals surface area contributed by atoms with E-state index < -0.39 is 5.91 Å². The van der Waals surface area contributed by atoms with Crippen LogP contribution in [0.2, 0.25) is 0 Å². The Bertz CT molecular complexity index is 975. The van der Waals surface area contributed by atoms with E-state index >= 15 is 0 Å². The molecule has 2 aromatic carbocycles. The highest BCUT2D eigenvalue weighted by atomic mass is 16.5. The van der Waals surface area contributed by atoms with Crippen LogP contribution in [-0.2, 0) is 11.2 Å². The lowest BCUT2D eigenvalue weighted by Crippen LogP contribution is -2.39. The zero-order chi connectivity index (χ0) is 20.1. The van der Waals surface area contributed by atoms with Crippen LogP contribution in [0.25, 0.3) is 11.3 Å². The average Bonchev–Trinajstić information content (AvgIpc) is 2.79. The second-order valence-electron chi connectivity index (χ2n) is 7.29. The van der Waals surface area contributed by atoms with E-state index in [2.05, 4.69) is 29.2 Å². The number of benzene rings is 2. The fourth-order valence-electron chi connectivity index (χ4n) is 3.64. The Kier molecular flexibility index (Phi) is 5.98. The summed E-state index contributed by atoms with van der Waals surface area (Å²) in [5.41, 5.74) is 9.85. The highest BCUT2D eigenvalue weighted by molar-refractivity contribution is 5.93. The van der Waals surface area contributed by atoms with Gasteiger partial charge in [-0.05, 0) is 36.2 Å². The topological polar surface area (TPSA) is 68.5 Å². The summed E-state index contributed by atoms with van der Waals surface area (Å²) < 4.78 is 6.02. The highest BCUT2D eigenvalue weighted by Gasteiger charge is 2.23. The van der Waals surface area contributed by atoms with Crippen LogP contribution in [0.1, 0.15) is 27.7 Å². The smallest absolute Gasteiger partial charge is 0.248 e. The molecule has 1 aliphatic heterocycles. The first-order valence-electron chi connectivity index (χ1n) is 9.94. The number of nitrogens with two attached hydrogens (primary N) is 1. The van der Waals surface area contributed by atoms with Crippen LogP contribution in [0.3, 0.4) is 0 Å². The van der Waals surface area contributed by atoms with E-state index in [0.29, 0.717) is 12.2 Å². The SMILES string of the molecule is NC(=O)c1cccc(-c2cccc([C@H]3CN(CCc4ccccc4)CCO3)n2)c1. The summed E-state index contributed by atoms with van der Waals surface area (Å²) in [5, 5.41) is 0. The van der Waals surface area contributed by atoms with Crippen molar-refractivity contribution in [3.8, 4) is 11.3 Å². The molecule has 2 N–H and O–H groups in total. The van der Waals surface area contributed by atoms with Gasteiger partial charge in [-0.1, -0.05) is 48.5 Å². The monoisotopic (exact) mass is 387 g/mol. The van der Waals surface area contributed by atoms with Gasteiger partial charge >= 0.3 is 0 Å². The van der Waals surface area contributed by atoms with E-state index in [4.69, 9.17) is 15.5 Å². The third-order valence-corrected chi connectivity index (χ3v) is 5.25. The second kappa shape index (κ2) is 8.99. The van der Waals surface area contributed by atoms with Crippen LogP contribution in [0.4, 0.5) is 0 Å². The minimum Gasteiger partial charge on any atom is -0.369 e. The number of nitrogens with zero attached hydrogens (tertiary/aromatic N) is 2. The molecule has 1 amide bonds. The number of amides is 1. The number of hydrogen-bond donors (Lipinski definition) is 1. The van der Waals surface area contributed by atoms with Crippen molar-refractivity contribution in [2.75, 3.05) is 26.2 Å². The molecule has 0 bridgehead atoms. The summed E-state index contributed by atoms with van der Waals surface area (Å²) in [7, 11) is 0. The Morgan fingerprint density at radius 3 is 2.72 bits per heavy atom. The van der Waals surface area contributed by atoms with Crippen LogP contribution >= 0.6 is 0 Å². The average molecular weight is 387 g/mol. The number of ether oxygens (including phenoxy) is 1. The molecule has 5 heteroatoms. The van der Waals surface area contributed by atoms with Gasteiger partial charge < -0.3 is 10.5 Å². The van der Waals surface area contributed by atoms with Crippen molar-refractivity contribution in [1.82, 2.24) is 9.88 Å². The van der Waals surface area contributed by atoms with Crippen molar-refractivity contribution >= 4 is 5.91 Å². The number of morpholine rings is 1. The summed E-state index contributed by atoms with van der Waals surface area (Å²) in [6, 6.07) is 23.7. The van der Waals surface area contributed by atoms with E-state index in [1.54, 1.807) is 12.1 Å². The van der Waals surface area contributed by atoms with Crippen LogP contribution in [-0.4, -0.2) is 42.0 Å². The van der Waals surface area contributed by atoms with Gasteiger partial charge in [0.15, 0.2) is 0 Å². The Morgan fingerprint density at radius 1 is 1.07 bits per heavy atom. The fourth-order valence-corrected chi connectivity index (χ4v) is 3.64. The summed E-state index contributed by atoms with van der Waals surface area (Å²) >= 11 is 0. The summed E-state index contributed by atoms with van der Waals surface area (Å²) in [6.07, 6.45) is 0.972. The van der Waals surface area contributed by atoms with Crippen LogP contribution < -0.4 is 5.73 Å². The number of hydrogen-bond acceptors (Lipinski definition) is 4. The minimum atomic E-state index is -0.437. The number of carbonyl (C=O) groups excluding carboxylic acids is 1. The molecule has 148 valence electrons. The first-order chi connectivity index (χ1) is 14.2. The molecule has 4 rings (SSSR count). The predicted molar refractivity (Wildman–Crippen MR) is 113 cm³/mol. The molecule has 1 aliphatic rings. The molecule has 0 radical (unpaired) electrons. The maximum atomic E-state index is 11.5. The predicted octanol–water partition coefficient (Wildman–Crippen LogP) is 3.46. The van der Waals surface area contributed by atoms with Crippen molar-refractivity contribution in [2.45, 2.75) is 12.5 Å². The molecular formula is C24H25N3O2. The molecule has 0 spiro atoms. The Morgan fingerprint density at radius 2 is 1.90 bits per heavy atom. The van der Waals surface area contributed by atoms with Gasteiger partial charge in [0.2, 0.25) is 5.91 Å². The maximum absolute atomic E-state index is 11.5. The number of rotatable bonds is 6. The van der Waals surface area contributed by atoms with E-state index in [-0.39, 0.29) is 6.10 Å². The maximum Gasteiger partial charge on any atom is 0.248 e. The largest absolute Gasteiger partial charge is 0.369 e. The molecule has 1 atom stereocenters. The van der Waals surface area contributed by atoms with E-state index in [0.717, 1.165) is 43.0 Å². The molecule has 1 fully saturated rings. The molecule has 3 aromatic rings. The Balaban J connectivity index is 1.46. The molecule has 29 heavy (non-hydrogen) atoms.